The van der Waals surface area contributed by atoms with Crippen LogP contribution in [0, 0.1) is 17.3 Å². The van der Waals surface area contributed by atoms with E-state index in [1.165, 1.54) is 6.92 Å². The van der Waals surface area contributed by atoms with Gasteiger partial charge in [-0.15, -0.1) is 0 Å². The third-order valence-electron chi connectivity index (χ3n) is 5.66. The highest BCUT2D eigenvalue weighted by molar-refractivity contribution is 5.90. The van der Waals surface area contributed by atoms with Crippen molar-refractivity contribution >= 4 is 11.8 Å². The summed E-state index contributed by atoms with van der Waals surface area (Å²) in [5, 5.41) is 10.7. The number of carbonyl (C=O) groups excluding carboxylic acids is 2. The molecule has 0 aliphatic heterocycles. The molecule has 128 valence electrons. The number of rotatable bonds is 6. The molecule has 3 unspecified atom stereocenters. The van der Waals surface area contributed by atoms with Gasteiger partial charge in [0.05, 0.1) is 11.0 Å². The summed E-state index contributed by atoms with van der Waals surface area (Å²) < 4.78 is 10.8. The first-order valence-corrected chi connectivity index (χ1v) is 8.47. The fourth-order valence-corrected chi connectivity index (χ4v) is 5.11. The Hall–Kier alpha value is -1.36. The number of hydrogen-bond acceptors (Lipinski definition) is 5. The monoisotopic (exact) mass is 322 g/mol. The van der Waals surface area contributed by atoms with Gasteiger partial charge < -0.3 is 14.6 Å². The van der Waals surface area contributed by atoms with Crippen LogP contribution in [0.5, 0.6) is 0 Å². The highest BCUT2D eigenvalue weighted by Gasteiger charge is 2.61. The first-order valence-electron chi connectivity index (χ1n) is 8.47. The summed E-state index contributed by atoms with van der Waals surface area (Å²) in [6.45, 7) is 6.78. The molecule has 0 saturated heterocycles. The number of esters is 1. The quantitative estimate of drug-likeness (QED) is 0.462. The van der Waals surface area contributed by atoms with E-state index in [0.29, 0.717) is 18.3 Å². The molecule has 5 nitrogen and oxygen atoms in total. The Morgan fingerprint density at radius 2 is 1.87 bits per heavy atom. The van der Waals surface area contributed by atoms with Crippen molar-refractivity contribution < 1.29 is 24.2 Å². The van der Waals surface area contributed by atoms with E-state index >= 15 is 0 Å². The third kappa shape index (κ3) is 3.16. The van der Waals surface area contributed by atoms with Crippen LogP contribution in [0.2, 0.25) is 0 Å². The molecule has 4 rings (SSSR count). The Labute approximate surface area is 137 Å². The predicted octanol–water partition coefficient (Wildman–Crippen LogP) is 2.37. The molecule has 23 heavy (non-hydrogen) atoms. The van der Waals surface area contributed by atoms with Crippen molar-refractivity contribution in [3.05, 3.63) is 12.3 Å². The molecule has 4 aliphatic carbocycles. The van der Waals surface area contributed by atoms with E-state index in [0.717, 1.165) is 32.1 Å². The minimum atomic E-state index is -0.675. The summed E-state index contributed by atoms with van der Waals surface area (Å²) in [6, 6.07) is 0. The Kier molecular flexibility index (Phi) is 4.03. The molecule has 0 heterocycles. The fraction of sp³-hybridized carbons (Fsp3) is 0.778. The van der Waals surface area contributed by atoms with Crippen LogP contribution >= 0.6 is 0 Å². The van der Waals surface area contributed by atoms with Gasteiger partial charge in [0.15, 0.2) is 11.5 Å². The molecule has 0 radical (unpaired) electrons. The van der Waals surface area contributed by atoms with Crippen molar-refractivity contribution in [1.29, 1.82) is 0 Å². The first-order chi connectivity index (χ1) is 10.7. The third-order valence-corrected chi connectivity index (χ3v) is 5.66. The van der Waals surface area contributed by atoms with Crippen LogP contribution in [0.4, 0.5) is 0 Å². The standard InChI is InChI=1S/C18H26O5/c1-11(9-22-13(3)12(2)19)23-16(20)17-5-14-4-15(6-17)8-18(21,7-14)10-17/h11,14-15,21H,3-10H2,1-2H3. The van der Waals surface area contributed by atoms with Gasteiger partial charge in [-0.3, -0.25) is 9.59 Å². The van der Waals surface area contributed by atoms with E-state index in [-0.39, 0.29) is 24.1 Å². The van der Waals surface area contributed by atoms with E-state index in [9.17, 15) is 14.7 Å². The summed E-state index contributed by atoms with van der Waals surface area (Å²) >= 11 is 0. The normalized spacial score (nSPS) is 38.9. The molecule has 0 spiro atoms. The average molecular weight is 322 g/mol. The molecular weight excluding hydrogens is 296 g/mol. The predicted molar refractivity (Wildman–Crippen MR) is 83.4 cm³/mol. The first kappa shape index (κ1) is 16.5. The molecule has 4 saturated carbocycles. The number of carbonyl (C=O) groups is 2. The Morgan fingerprint density at radius 3 is 2.39 bits per heavy atom. The van der Waals surface area contributed by atoms with Crippen molar-refractivity contribution in [2.45, 2.75) is 64.1 Å². The van der Waals surface area contributed by atoms with Crippen LogP contribution < -0.4 is 0 Å². The van der Waals surface area contributed by atoms with Gasteiger partial charge in [0.25, 0.3) is 0 Å². The number of Topliss-reactive ketones (excluding diaryl/α,β-unsaturated/α-hetero) is 1. The van der Waals surface area contributed by atoms with Crippen molar-refractivity contribution in [1.82, 2.24) is 0 Å². The lowest BCUT2D eigenvalue weighted by molar-refractivity contribution is -0.200. The van der Waals surface area contributed by atoms with E-state index < -0.39 is 17.1 Å². The van der Waals surface area contributed by atoms with Crippen LogP contribution in [0.1, 0.15) is 52.4 Å². The van der Waals surface area contributed by atoms with Gasteiger partial charge in [-0.05, 0) is 57.3 Å². The smallest absolute Gasteiger partial charge is 0.312 e. The highest BCUT2D eigenvalue weighted by Crippen LogP contribution is 2.62. The maximum atomic E-state index is 12.7. The SMILES string of the molecule is C=C(OCC(C)OC(=O)C12CC3CC(CC(O)(C3)C1)C2)C(C)=O. The molecule has 0 amide bonds. The second kappa shape index (κ2) is 5.62. The van der Waals surface area contributed by atoms with Gasteiger partial charge in [-0.1, -0.05) is 6.58 Å². The van der Waals surface area contributed by atoms with Crippen molar-refractivity contribution in [2.75, 3.05) is 6.61 Å². The molecule has 4 fully saturated rings. The van der Waals surface area contributed by atoms with E-state index in [1.807, 2.05) is 0 Å². The number of ether oxygens (including phenoxy) is 2. The highest BCUT2D eigenvalue weighted by atomic mass is 16.6. The van der Waals surface area contributed by atoms with Gasteiger partial charge >= 0.3 is 5.97 Å². The van der Waals surface area contributed by atoms with Crippen molar-refractivity contribution in [3.63, 3.8) is 0 Å². The average Bonchev–Trinajstić information content (AvgIpc) is 2.41. The minimum Gasteiger partial charge on any atom is -0.487 e. The number of ketones is 1. The van der Waals surface area contributed by atoms with E-state index in [2.05, 4.69) is 6.58 Å². The lowest BCUT2D eigenvalue weighted by atomic mass is 9.48. The van der Waals surface area contributed by atoms with Crippen LogP contribution in [0.15, 0.2) is 12.3 Å². The largest absolute Gasteiger partial charge is 0.487 e. The van der Waals surface area contributed by atoms with Gasteiger partial charge in [0.1, 0.15) is 12.7 Å². The number of allylic oxidation sites excluding steroid dienone is 1. The molecule has 5 heteroatoms. The summed E-state index contributed by atoms with van der Waals surface area (Å²) in [5.74, 6) is 0.522. The molecule has 0 aromatic carbocycles. The Balaban J connectivity index is 1.60. The molecule has 4 aliphatic rings. The Bertz CT molecular complexity index is 524. The summed E-state index contributed by atoms with van der Waals surface area (Å²) in [6.07, 6.45) is 4.54. The van der Waals surface area contributed by atoms with Gasteiger partial charge in [0, 0.05) is 6.92 Å². The Morgan fingerprint density at radius 1 is 1.26 bits per heavy atom. The zero-order valence-corrected chi connectivity index (χ0v) is 14.0. The number of hydrogen-bond donors (Lipinski definition) is 1. The van der Waals surface area contributed by atoms with Gasteiger partial charge in [-0.25, -0.2) is 0 Å². The van der Waals surface area contributed by atoms with Crippen molar-refractivity contribution in [2.24, 2.45) is 17.3 Å². The zero-order valence-electron chi connectivity index (χ0n) is 14.0. The van der Waals surface area contributed by atoms with Crippen LogP contribution in [-0.2, 0) is 19.1 Å². The van der Waals surface area contributed by atoms with Gasteiger partial charge in [-0.2, -0.15) is 0 Å². The topological polar surface area (TPSA) is 72.8 Å². The second-order valence-corrected chi connectivity index (χ2v) is 7.97. The molecular formula is C18H26O5. The van der Waals surface area contributed by atoms with E-state index in [4.69, 9.17) is 9.47 Å². The summed E-state index contributed by atoms with van der Waals surface area (Å²) in [4.78, 5) is 23.8. The van der Waals surface area contributed by atoms with Crippen LogP contribution in [-0.4, -0.2) is 35.2 Å². The maximum Gasteiger partial charge on any atom is 0.312 e. The van der Waals surface area contributed by atoms with Crippen LogP contribution in [0.3, 0.4) is 0 Å². The lowest BCUT2D eigenvalue weighted by Gasteiger charge is -2.58. The van der Waals surface area contributed by atoms with Gasteiger partial charge in [0.2, 0.25) is 0 Å². The fourth-order valence-electron chi connectivity index (χ4n) is 5.11. The minimum absolute atomic E-state index is 0.0806. The molecule has 3 atom stereocenters. The molecule has 0 aromatic heterocycles. The van der Waals surface area contributed by atoms with Crippen molar-refractivity contribution in [3.8, 4) is 0 Å². The summed E-state index contributed by atoms with van der Waals surface area (Å²) in [5.41, 5.74) is -1.20. The second-order valence-electron chi connectivity index (χ2n) is 7.97. The molecule has 1 N–H and O–H groups in total. The van der Waals surface area contributed by atoms with E-state index in [1.54, 1.807) is 6.92 Å². The zero-order chi connectivity index (χ0) is 16.8. The lowest BCUT2D eigenvalue weighted by Crippen LogP contribution is -2.58. The van der Waals surface area contributed by atoms with Crippen LogP contribution in [0.25, 0.3) is 0 Å². The number of aliphatic hydroxyl groups is 1. The molecule has 4 bridgehead atoms. The molecule has 0 aromatic rings. The summed E-state index contributed by atoms with van der Waals surface area (Å²) in [7, 11) is 0. The maximum absolute atomic E-state index is 12.7.